The minimum absolute atomic E-state index is 0.0714. The standard InChI is InChI=1S/C21H20ClFN4O/c22-18-11-21(16(12-24)10-19(18)23)28-20(15-4-2-1-3-5-15)7-9-25-8-6-17-13-26-14-27-17/h1-5,10-11,13-14,20,25H,6-9H2,(H,26,27)/t20-/m1/s1. The molecule has 0 saturated heterocycles. The van der Waals surface area contributed by atoms with Crippen LogP contribution in [0.2, 0.25) is 5.02 Å². The average Bonchev–Trinajstić information content (AvgIpc) is 3.23. The van der Waals surface area contributed by atoms with Gasteiger partial charge in [-0.2, -0.15) is 5.26 Å². The average molecular weight is 399 g/mol. The highest BCUT2D eigenvalue weighted by molar-refractivity contribution is 6.30. The maximum Gasteiger partial charge on any atom is 0.143 e. The molecule has 3 aromatic rings. The smallest absolute Gasteiger partial charge is 0.143 e. The van der Waals surface area contributed by atoms with Crippen molar-refractivity contribution in [2.24, 2.45) is 0 Å². The molecule has 2 aromatic carbocycles. The number of aromatic nitrogens is 2. The van der Waals surface area contributed by atoms with Gasteiger partial charge in [-0.3, -0.25) is 0 Å². The Labute approximate surface area is 168 Å². The molecule has 0 aliphatic rings. The molecule has 28 heavy (non-hydrogen) atoms. The maximum absolute atomic E-state index is 13.7. The Kier molecular flexibility index (Phi) is 7.01. The Hall–Kier alpha value is -2.88. The predicted molar refractivity (Wildman–Crippen MR) is 106 cm³/mol. The SMILES string of the molecule is N#Cc1cc(F)c(Cl)cc1O[C@H](CCNCCc1c[nH]cn1)c1ccccc1. The fourth-order valence-corrected chi connectivity index (χ4v) is 2.98. The van der Waals surface area contributed by atoms with Gasteiger partial charge in [-0.15, -0.1) is 0 Å². The highest BCUT2D eigenvalue weighted by atomic mass is 35.5. The molecule has 0 aliphatic carbocycles. The summed E-state index contributed by atoms with van der Waals surface area (Å²) in [6.45, 7) is 1.50. The fourth-order valence-electron chi connectivity index (χ4n) is 2.83. The largest absolute Gasteiger partial charge is 0.484 e. The molecule has 2 N–H and O–H groups in total. The summed E-state index contributed by atoms with van der Waals surface area (Å²) in [5.74, 6) is -0.360. The highest BCUT2D eigenvalue weighted by Crippen LogP contribution is 2.31. The van der Waals surface area contributed by atoms with Crippen molar-refractivity contribution in [2.75, 3.05) is 13.1 Å². The number of rotatable bonds is 9. The molecule has 0 amide bonds. The van der Waals surface area contributed by atoms with Gasteiger partial charge >= 0.3 is 0 Å². The predicted octanol–water partition coefficient (Wildman–Crippen LogP) is 4.42. The first-order valence-corrected chi connectivity index (χ1v) is 9.34. The number of halogens is 2. The summed E-state index contributed by atoms with van der Waals surface area (Å²) < 4.78 is 19.7. The molecule has 5 nitrogen and oxygen atoms in total. The van der Waals surface area contributed by atoms with Crippen LogP contribution in [0, 0.1) is 17.1 Å². The van der Waals surface area contributed by atoms with E-state index in [2.05, 4.69) is 15.3 Å². The van der Waals surface area contributed by atoms with Crippen molar-refractivity contribution in [1.82, 2.24) is 15.3 Å². The molecule has 1 aromatic heterocycles. The molecule has 0 fully saturated rings. The van der Waals surface area contributed by atoms with E-state index in [4.69, 9.17) is 16.3 Å². The zero-order valence-corrected chi connectivity index (χ0v) is 15.9. The number of nitrogens with zero attached hydrogens (tertiary/aromatic N) is 2. The van der Waals surface area contributed by atoms with Crippen molar-refractivity contribution >= 4 is 11.6 Å². The van der Waals surface area contributed by atoms with Gasteiger partial charge in [0.15, 0.2) is 0 Å². The van der Waals surface area contributed by atoms with E-state index < -0.39 is 5.82 Å². The lowest BCUT2D eigenvalue weighted by Gasteiger charge is -2.21. The quantitative estimate of drug-likeness (QED) is 0.523. The lowest BCUT2D eigenvalue weighted by atomic mass is 10.1. The van der Waals surface area contributed by atoms with Crippen LogP contribution in [-0.4, -0.2) is 23.1 Å². The van der Waals surface area contributed by atoms with E-state index in [-0.39, 0.29) is 22.4 Å². The number of H-pyrrole nitrogens is 1. The number of hydrogen-bond acceptors (Lipinski definition) is 4. The van der Waals surface area contributed by atoms with Crippen LogP contribution in [0.15, 0.2) is 55.0 Å². The van der Waals surface area contributed by atoms with Crippen LogP contribution < -0.4 is 10.1 Å². The first-order chi connectivity index (χ1) is 13.7. The highest BCUT2D eigenvalue weighted by Gasteiger charge is 2.17. The normalized spacial score (nSPS) is 11.8. The number of aromatic amines is 1. The van der Waals surface area contributed by atoms with E-state index in [1.54, 1.807) is 6.33 Å². The molecule has 0 unspecified atom stereocenters. The Morgan fingerprint density at radius 3 is 2.79 bits per heavy atom. The molecular formula is C21H20ClFN4O. The molecule has 0 saturated carbocycles. The van der Waals surface area contributed by atoms with Gasteiger partial charge in [0.1, 0.15) is 23.7 Å². The summed E-state index contributed by atoms with van der Waals surface area (Å²) in [7, 11) is 0. The molecule has 3 rings (SSSR count). The topological polar surface area (TPSA) is 73.7 Å². The van der Waals surface area contributed by atoms with Crippen LogP contribution in [0.5, 0.6) is 5.75 Å². The van der Waals surface area contributed by atoms with Crippen LogP contribution in [0.1, 0.15) is 29.3 Å². The molecule has 1 atom stereocenters. The Morgan fingerprint density at radius 2 is 2.07 bits per heavy atom. The summed E-state index contributed by atoms with van der Waals surface area (Å²) in [5.41, 5.74) is 2.10. The summed E-state index contributed by atoms with van der Waals surface area (Å²) in [6, 6.07) is 14.1. The number of benzene rings is 2. The minimum Gasteiger partial charge on any atom is -0.484 e. The third kappa shape index (κ3) is 5.32. The number of nitriles is 1. The van der Waals surface area contributed by atoms with Gasteiger partial charge in [0.2, 0.25) is 0 Å². The zero-order chi connectivity index (χ0) is 19.8. The maximum atomic E-state index is 13.7. The molecule has 7 heteroatoms. The first-order valence-electron chi connectivity index (χ1n) is 8.96. The molecule has 1 heterocycles. The van der Waals surface area contributed by atoms with Crippen LogP contribution in [0.25, 0.3) is 0 Å². The minimum atomic E-state index is -0.637. The summed E-state index contributed by atoms with van der Waals surface area (Å²) >= 11 is 5.88. The fraction of sp³-hybridized carbons (Fsp3) is 0.238. The second-order valence-electron chi connectivity index (χ2n) is 6.24. The Bertz CT molecular complexity index is 926. The van der Waals surface area contributed by atoms with E-state index in [1.165, 1.54) is 6.07 Å². The van der Waals surface area contributed by atoms with Crippen molar-refractivity contribution in [3.05, 3.63) is 82.6 Å². The van der Waals surface area contributed by atoms with Crippen molar-refractivity contribution in [2.45, 2.75) is 18.9 Å². The lowest BCUT2D eigenvalue weighted by Crippen LogP contribution is -2.22. The van der Waals surface area contributed by atoms with Crippen LogP contribution in [0.4, 0.5) is 4.39 Å². The number of ether oxygens (including phenoxy) is 1. The summed E-state index contributed by atoms with van der Waals surface area (Å²) in [4.78, 5) is 7.13. The van der Waals surface area contributed by atoms with Gasteiger partial charge in [-0.1, -0.05) is 41.9 Å². The van der Waals surface area contributed by atoms with E-state index in [0.717, 1.165) is 30.3 Å². The number of nitrogens with one attached hydrogen (secondary N) is 2. The molecule has 144 valence electrons. The molecular weight excluding hydrogens is 379 g/mol. The monoisotopic (exact) mass is 398 g/mol. The Morgan fingerprint density at radius 1 is 1.25 bits per heavy atom. The van der Waals surface area contributed by atoms with Crippen molar-refractivity contribution in [1.29, 1.82) is 5.26 Å². The van der Waals surface area contributed by atoms with Crippen LogP contribution in [0.3, 0.4) is 0 Å². The lowest BCUT2D eigenvalue weighted by molar-refractivity contribution is 0.193. The van der Waals surface area contributed by atoms with E-state index >= 15 is 0 Å². The number of hydrogen-bond donors (Lipinski definition) is 2. The second kappa shape index (κ2) is 9.88. The van der Waals surface area contributed by atoms with Crippen LogP contribution >= 0.6 is 11.6 Å². The number of imidazole rings is 1. The Balaban J connectivity index is 1.66. The third-order valence-electron chi connectivity index (χ3n) is 4.28. The van der Waals surface area contributed by atoms with Gasteiger partial charge < -0.3 is 15.0 Å². The van der Waals surface area contributed by atoms with E-state index in [0.29, 0.717) is 13.0 Å². The zero-order valence-electron chi connectivity index (χ0n) is 15.2. The van der Waals surface area contributed by atoms with Gasteiger partial charge in [0.05, 0.1) is 22.6 Å². The summed E-state index contributed by atoms with van der Waals surface area (Å²) in [6.07, 6.45) is 4.73. The van der Waals surface area contributed by atoms with Gasteiger partial charge in [0, 0.05) is 31.6 Å². The third-order valence-corrected chi connectivity index (χ3v) is 4.57. The van der Waals surface area contributed by atoms with Crippen molar-refractivity contribution < 1.29 is 9.13 Å². The van der Waals surface area contributed by atoms with Gasteiger partial charge in [0.25, 0.3) is 0 Å². The molecule has 0 radical (unpaired) electrons. The van der Waals surface area contributed by atoms with Gasteiger partial charge in [-0.25, -0.2) is 9.37 Å². The van der Waals surface area contributed by atoms with Crippen molar-refractivity contribution in [3.63, 3.8) is 0 Å². The van der Waals surface area contributed by atoms with Crippen LogP contribution in [-0.2, 0) is 6.42 Å². The first kappa shape index (κ1) is 19.9. The molecule has 0 aliphatic heterocycles. The molecule has 0 bridgehead atoms. The summed E-state index contributed by atoms with van der Waals surface area (Å²) in [5, 5.41) is 12.6. The van der Waals surface area contributed by atoms with Crippen molar-refractivity contribution in [3.8, 4) is 11.8 Å². The second-order valence-corrected chi connectivity index (χ2v) is 6.65. The molecule has 0 spiro atoms. The van der Waals surface area contributed by atoms with E-state index in [1.807, 2.05) is 42.6 Å². The van der Waals surface area contributed by atoms with E-state index in [9.17, 15) is 9.65 Å². The van der Waals surface area contributed by atoms with Gasteiger partial charge in [-0.05, 0) is 18.2 Å².